The Hall–Kier alpha value is -2.27. The quantitative estimate of drug-likeness (QED) is 0.730. The van der Waals surface area contributed by atoms with Crippen molar-refractivity contribution in [2.24, 2.45) is 0 Å². The Labute approximate surface area is 123 Å². The number of rotatable bonds is 7. The van der Waals surface area contributed by atoms with Gasteiger partial charge >= 0.3 is 5.97 Å². The van der Waals surface area contributed by atoms with Crippen LogP contribution >= 0.6 is 0 Å². The van der Waals surface area contributed by atoms with Gasteiger partial charge in [0.25, 0.3) is 0 Å². The molecule has 0 aliphatic heterocycles. The van der Waals surface area contributed by atoms with Crippen molar-refractivity contribution in [2.75, 3.05) is 0 Å². The summed E-state index contributed by atoms with van der Waals surface area (Å²) in [4.78, 5) is 10.7. The first kappa shape index (κ1) is 15.1. The van der Waals surface area contributed by atoms with Crippen LogP contribution < -0.4 is 5.32 Å². The zero-order valence-corrected chi connectivity index (χ0v) is 11.9. The summed E-state index contributed by atoms with van der Waals surface area (Å²) in [6, 6.07) is 10.6. The van der Waals surface area contributed by atoms with Gasteiger partial charge < -0.3 is 19.9 Å². The standard InChI is InChI=1S/C16H19NO4/c1-11(2-3-12-4-6-13(18)7-5-12)17-10-14-8-9-15(21-14)16(19)20/h4-9,11,17-18H,2-3,10H2,1H3,(H,19,20). The van der Waals surface area contributed by atoms with Gasteiger partial charge in [0.05, 0.1) is 6.54 Å². The molecule has 0 fully saturated rings. The Kier molecular flexibility index (Phi) is 5.00. The average molecular weight is 289 g/mol. The van der Waals surface area contributed by atoms with E-state index < -0.39 is 5.97 Å². The number of carboxylic acid groups (broad SMARTS) is 1. The van der Waals surface area contributed by atoms with Gasteiger partial charge in [0.2, 0.25) is 5.76 Å². The molecule has 112 valence electrons. The second-order valence-electron chi connectivity index (χ2n) is 5.06. The number of furan rings is 1. The Morgan fingerprint density at radius 3 is 2.57 bits per heavy atom. The fourth-order valence-electron chi connectivity index (χ4n) is 2.01. The molecule has 0 aliphatic carbocycles. The predicted octanol–water partition coefficient (Wildman–Crippen LogP) is 2.79. The highest BCUT2D eigenvalue weighted by Gasteiger charge is 2.09. The number of aromatic carboxylic acids is 1. The first-order valence-corrected chi connectivity index (χ1v) is 6.88. The molecule has 0 amide bonds. The summed E-state index contributed by atoms with van der Waals surface area (Å²) in [5.41, 5.74) is 1.17. The smallest absolute Gasteiger partial charge is 0.371 e. The minimum absolute atomic E-state index is 0.0384. The highest BCUT2D eigenvalue weighted by atomic mass is 16.4. The van der Waals surface area contributed by atoms with E-state index in [1.165, 1.54) is 11.6 Å². The molecule has 0 radical (unpaired) electrons. The molecule has 2 aromatic rings. The fraction of sp³-hybridized carbons (Fsp3) is 0.312. The molecule has 21 heavy (non-hydrogen) atoms. The summed E-state index contributed by atoms with van der Waals surface area (Å²) in [6.07, 6.45) is 1.85. The van der Waals surface area contributed by atoms with Gasteiger partial charge in [0, 0.05) is 6.04 Å². The number of hydrogen-bond donors (Lipinski definition) is 3. The molecule has 1 atom stereocenters. The monoisotopic (exact) mass is 289 g/mol. The highest BCUT2D eigenvalue weighted by molar-refractivity contribution is 5.84. The first-order chi connectivity index (χ1) is 10.0. The minimum Gasteiger partial charge on any atom is -0.508 e. The minimum atomic E-state index is -1.05. The largest absolute Gasteiger partial charge is 0.508 e. The lowest BCUT2D eigenvalue weighted by molar-refractivity contribution is 0.0660. The third kappa shape index (κ3) is 4.65. The van der Waals surface area contributed by atoms with Crippen LogP contribution in [0.15, 0.2) is 40.8 Å². The van der Waals surface area contributed by atoms with E-state index in [0.29, 0.717) is 12.3 Å². The van der Waals surface area contributed by atoms with E-state index in [0.717, 1.165) is 12.8 Å². The molecule has 5 heteroatoms. The number of aryl methyl sites for hydroxylation is 1. The van der Waals surface area contributed by atoms with Crippen LogP contribution in [0.4, 0.5) is 0 Å². The van der Waals surface area contributed by atoms with Gasteiger partial charge in [-0.3, -0.25) is 0 Å². The van der Waals surface area contributed by atoms with Gasteiger partial charge in [0.1, 0.15) is 11.5 Å². The number of hydrogen-bond acceptors (Lipinski definition) is 4. The third-order valence-corrected chi connectivity index (χ3v) is 3.30. The van der Waals surface area contributed by atoms with E-state index in [9.17, 15) is 9.90 Å². The summed E-state index contributed by atoms with van der Waals surface area (Å²) < 4.78 is 5.18. The lowest BCUT2D eigenvalue weighted by Crippen LogP contribution is -2.25. The Morgan fingerprint density at radius 2 is 1.95 bits per heavy atom. The molecule has 1 unspecified atom stereocenters. The predicted molar refractivity (Wildman–Crippen MR) is 78.4 cm³/mol. The van der Waals surface area contributed by atoms with Crippen LogP contribution in [0.25, 0.3) is 0 Å². The third-order valence-electron chi connectivity index (χ3n) is 3.30. The van der Waals surface area contributed by atoms with Crippen LogP contribution in [0.3, 0.4) is 0 Å². The number of aromatic hydroxyl groups is 1. The van der Waals surface area contributed by atoms with E-state index in [1.54, 1.807) is 18.2 Å². The van der Waals surface area contributed by atoms with Crippen molar-refractivity contribution in [3.8, 4) is 5.75 Å². The molecule has 2 rings (SSSR count). The van der Waals surface area contributed by atoms with E-state index in [1.807, 2.05) is 12.1 Å². The lowest BCUT2D eigenvalue weighted by atomic mass is 10.1. The average Bonchev–Trinajstić information content (AvgIpc) is 2.93. The first-order valence-electron chi connectivity index (χ1n) is 6.88. The molecule has 0 saturated carbocycles. The lowest BCUT2D eigenvalue weighted by Gasteiger charge is -2.12. The topological polar surface area (TPSA) is 82.7 Å². The van der Waals surface area contributed by atoms with Crippen LogP contribution in [0, 0.1) is 0 Å². The van der Waals surface area contributed by atoms with Crippen LogP contribution in [0.1, 0.15) is 35.2 Å². The molecule has 3 N–H and O–H groups in total. The number of nitrogens with one attached hydrogen (secondary N) is 1. The maximum absolute atomic E-state index is 10.7. The normalized spacial score (nSPS) is 12.2. The highest BCUT2D eigenvalue weighted by Crippen LogP contribution is 2.12. The van der Waals surface area contributed by atoms with Gasteiger partial charge in [-0.05, 0) is 49.6 Å². The van der Waals surface area contributed by atoms with Crippen LogP contribution in [0.2, 0.25) is 0 Å². The van der Waals surface area contributed by atoms with Crippen molar-refractivity contribution >= 4 is 5.97 Å². The van der Waals surface area contributed by atoms with Crippen molar-refractivity contribution in [2.45, 2.75) is 32.4 Å². The summed E-state index contributed by atoms with van der Waals surface area (Å²) in [6.45, 7) is 2.57. The van der Waals surface area contributed by atoms with E-state index >= 15 is 0 Å². The second-order valence-corrected chi connectivity index (χ2v) is 5.06. The van der Waals surface area contributed by atoms with Crippen molar-refractivity contribution in [1.82, 2.24) is 5.32 Å². The van der Waals surface area contributed by atoms with Gasteiger partial charge in [-0.2, -0.15) is 0 Å². The van der Waals surface area contributed by atoms with E-state index in [2.05, 4.69) is 12.2 Å². The molecule has 0 bridgehead atoms. The summed E-state index contributed by atoms with van der Waals surface area (Å²) in [5, 5.41) is 21.3. The zero-order chi connectivity index (χ0) is 15.2. The molecular weight excluding hydrogens is 270 g/mol. The molecule has 5 nitrogen and oxygen atoms in total. The van der Waals surface area contributed by atoms with Gasteiger partial charge in [-0.15, -0.1) is 0 Å². The van der Waals surface area contributed by atoms with Gasteiger partial charge in [-0.25, -0.2) is 4.79 Å². The van der Waals surface area contributed by atoms with Crippen molar-refractivity contribution in [1.29, 1.82) is 0 Å². The summed E-state index contributed by atoms with van der Waals surface area (Å²) in [7, 11) is 0. The zero-order valence-electron chi connectivity index (χ0n) is 11.9. The number of benzene rings is 1. The van der Waals surface area contributed by atoms with Crippen molar-refractivity contribution < 1.29 is 19.4 Å². The SMILES string of the molecule is CC(CCc1ccc(O)cc1)NCc1ccc(C(=O)O)o1. The molecule has 0 spiro atoms. The Morgan fingerprint density at radius 1 is 1.24 bits per heavy atom. The Bertz CT molecular complexity index is 589. The molecule has 0 saturated heterocycles. The number of carbonyl (C=O) groups is 1. The van der Waals surface area contributed by atoms with Crippen LogP contribution in [0.5, 0.6) is 5.75 Å². The Balaban J connectivity index is 1.75. The molecule has 1 aromatic heterocycles. The number of phenols is 1. The molecular formula is C16H19NO4. The van der Waals surface area contributed by atoms with E-state index in [-0.39, 0.29) is 17.6 Å². The van der Waals surface area contributed by atoms with Crippen LogP contribution in [-0.4, -0.2) is 22.2 Å². The maximum atomic E-state index is 10.7. The molecule has 0 aliphatic rings. The number of phenolic OH excluding ortho intramolecular Hbond substituents is 1. The van der Waals surface area contributed by atoms with Crippen molar-refractivity contribution in [3.05, 3.63) is 53.5 Å². The van der Waals surface area contributed by atoms with Gasteiger partial charge in [-0.1, -0.05) is 12.1 Å². The fourth-order valence-corrected chi connectivity index (χ4v) is 2.01. The molecule has 1 aromatic carbocycles. The summed E-state index contributed by atoms with van der Waals surface area (Å²) in [5.74, 6) is -0.203. The van der Waals surface area contributed by atoms with Crippen LogP contribution in [-0.2, 0) is 13.0 Å². The van der Waals surface area contributed by atoms with E-state index in [4.69, 9.17) is 9.52 Å². The maximum Gasteiger partial charge on any atom is 0.371 e. The second kappa shape index (κ2) is 6.95. The number of carboxylic acids is 1. The summed E-state index contributed by atoms with van der Waals surface area (Å²) >= 11 is 0. The van der Waals surface area contributed by atoms with Gasteiger partial charge in [0.15, 0.2) is 0 Å². The van der Waals surface area contributed by atoms with Crippen molar-refractivity contribution in [3.63, 3.8) is 0 Å². The molecule has 1 heterocycles.